The second-order valence-corrected chi connectivity index (χ2v) is 12.9. The fourth-order valence-corrected chi connectivity index (χ4v) is 6.29. The summed E-state index contributed by atoms with van der Waals surface area (Å²) in [5, 5.41) is 0.647. The summed E-state index contributed by atoms with van der Waals surface area (Å²) in [4.78, 5) is 18.3. The van der Waals surface area contributed by atoms with Gasteiger partial charge in [0.05, 0.1) is 17.5 Å². The molecule has 2 aromatic carbocycles. The largest absolute Gasteiger partial charge is 0.492 e. The van der Waals surface area contributed by atoms with Crippen LogP contribution in [0.1, 0.15) is 109 Å². The molecule has 0 N–H and O–H groups in total. The van der Waals surface area contributed by atoms with E-state index in [0.29, 0.717) is 18.2 Å². The SMILES string of the molecule is CCCCCCCCCCCCCCOc1cc(CCN(C(C)=O)c2ccccc2CN2C=C(C)SC2)ccc1Cl. The molecular weight excluding hydrogens is 548 g/mol. The van der Waals surface area contributed by atoms with Crippen LogP contribution in [0.3, 0.4) is 0 Å². The lowest BCUT2D eigenvalue weighted by Crippen LogP contribution is -2.32. The monoisotopic (exact) mass is 598 g/mol. The summed E-state index contributed by atoms with van der Waals surface area (Å²) in [6, 6.07) is 14.2. The Hall–Kier alpha value is -2.11. The van der Waals surface area contributed by atoms with Gasteiger partial charge in [0.25, 0.3) is 0 Å². The zero-order valence-electron chi connectivity index (χ0n) is 25.6. The molecule has 0 saturated heterocycles. The molecule has 2 aromatic rings. The van der Waals surface area contributed by atoms with Gasteiger partial charge in [-0.15, -0.1) is 11.8 Å². The van der Waals surface area contributed by atoms with Crippen molar-refractivity contribution in [1.29, 1.82) is 0 Å². The number of thioether (sulfide) groups is 1. The van der Waals surface area contributed by atoms with Crippen molar-refractivity contribution in [2.75, 3.05) is 23.9 Å². The van der Waals surface area contributed by atoms with Crippen molar-refractivity contribution in [2.45, 2.75) is 111 Å². The van der Waals surface area contributed by atoms with E-state index in [4.69, 9.17) is 16.3 Å². The van der Waals surface area contributed by atoms with E-state index in [1.54, 1.807) is 6.92 Å². The third-order valence-corrected chi connectivity index (χ3v) is 9.07. The highest BCUT2D eigenvalue weighted by atomic mass is 35.5. The van der Waals surface area contributed by atoms with E-state index < -0.39 is 0 Å². The second kappa shape index (κ2) is 19.2. The fourth-order valence-electron chi connectivity index (χ4n) is 5.36. The number of para-hydroxylation sites is 1. The summed E-state index contributed by atoms with van der Waals surface area (Å²) in [6.07, 6.45) is 18.9. The molecule has 226 valence electrons. The molecule has 0 saturated carbocycles. The van der Waals surface area contributed by atoms with Gasteiger partial charge in [-0.2, -0.15) is 0 Å². The smallest absolute Gasteiger partial charge is 0.223 e. The molecule has 0 aliphatic carbocycles. The van der Waals surface area contributed by atoms with Crippen LogP contribution in [0, 0.1) is 0 Å². The molecule has 1 amide bonds. The Morgan fingerprint density at radius 3 is 2.24 bits per heavy atom. The number of unbranched alkanes of at least 4 members (excludes halogenated alkanes) is 11. The van der Waals surface area contributed by atoms with Crippen LogP contribution in [0.4, 0.5) is 5.69 Å². The van der Waals surface area contributed by atoms with Crippen molar-refractivity contribution < 1.29 is 9.53 Å². The molecule has 0 spiro atoms. The Morgan fingerprint density at radius 1 is 0.951 bits per heavy atom. The predicted molar refractivity (Wildman–Crippen MR) is 178 cm³/mol. The Morgan fingerprint density at radius 2 is 1.61 bits per heavy atom. The summed E-state index contributed by atoms with van der Waals surface area (Å²) >= 11 is 8.32. The highest BCUT2D eigenvalue weighted by Crippen LogP contribution is 2.30. The van der Waals surface area contributed by atoms with Gasteiger partial charge in [0.15, 0.2) is 0 Å². The third kappa shape index (κ3) is 12.3. The average molecular weight is 599 g/mol. The van der Waals surface area contributed by atoms with Gasteiger partial charge in [0.1, 0.15) is 5.75 Å². The number of amides is 1. The van der Waals surface area contributed by atoms with Gasteiger partial charge in [0, 0.05) is 31.9 Å². The van der Waals surface area contributed by atoms with Gasteiger partial charge in [-0.3, -0.25) is 4.79 Å². The number of allylic oxidation sites excluding steroid dienone is 1. The quantitative estimate of drug-likeness (QED) is 0.142. The maximum absolute atomic E-state index is 12.7. The number of nitrogens with zero attached hydrogens (tertiary/aromatic N) is 2. The number of benzene rings is 2. The zero-order chi connectivity index (χ0) is 29.3. The summed E-state index contributed by atoms with van der Waals surface area (Å²) < 4.78 is 6.08. The van der Waals surface area contributed by atoms with Crippen molar-refractivity contribution in [3.8, 4) is 5.75 Å². The van der Waals surface area contributed by atoms with E-state index in [9.17, 15) is 4.79 Å². The van der Waals surface area contributed by atoms with E-state index >= 15 is 0 Å². The van der Waals surface area contributed by atoms with E-state index in [-0.39, 0.29) is 5.91 Å². The number of carbonyl (C=O) groups is 1. The standard InChI is InChI=1S/C35H51ClN2O2S/c1-4-5-6-7-8-9-10-11-12-13-14-17-24-40-35-25-31(20-21-33(35)36)22-23-38(30(3)39)34-19-16-15-18-32(34)27-37-26-29(2)41-28-37/h15-16,18-21,25-26H,4-14,17,22-24,27-28H2,1-3H3. The number of rotatable bonds is 20. The van der Waals surface area contributed by atoms with Crippen LogP contribution in [0.2, 0.25) is 5.02 Å². The molecule has 0 aromatic heterocycles. The summed E-state index contributed by atoms with van der Waals surface area (Å²) in [7, 11) is 0. The lowest BCUT2D eigenvalue weighted by molar-refractivity contribution is -0.116. The van der Waals surface area contributed by atoms with Crippen LogP contribution in [-0.2, 0) is 17.8 Å². The maximum Gasteiger partial charge on any atom is 0.223 e. The highest BCUT2D eigenvalue weighted by Gasteiger charge is 2.18. The van der Waals surface area contributed by atoms with Gasteiger partial charge in [-0.1, -0.05) is 113 Å². The van der Waals surface area contributed by atoms with E-state index in [1.165, 1.54) is 75.5 Å². The summed E-state index contributed by atoms with van der Waals surface area (Å²) in [5.74, 6) is 1.75. The van der Waals surface area contributed by atoms with Crippen LogP contribution in [-0.4, -0.2) is 29.8 Å². The lowest BCUT2D eigenvalue weighted by atomic mass is 10.1. The van der Waals surface area contributed by atoms with Gasteiger partial charge in [-0.25, -0.2) is 0 Å². The molecule has 1 aliphatic heterocycles. The first-order chi connectivity index (χ1) is 20.0. The molecule has 3 rings (SSSR count). The Balaban J connectivity index is 1.41. The van der Waals surface area contributed by atoms with Crippen molar-refractivity contribution in [3.05, 3.63) is 69.7 Å². The van der Waals surface area contributed by atoms with Gasteiger partial charge >= 0.3 is 0 Å². The molecule has 0 fully saturated rings. The van der Waals surface area contributed by atoms with E-state index in [2.05, 4.69) is 43.1 Å². The predicted octanol–water partition coefficient (Wildman–Crippen LogP) is 10.4. The van der Waals surface area contributed by atoms with Crippen LogP contribution in [0.25, 0.3) is 0 Å². The molecule has 1 aliphatic rings. The van der Waals surface area contributed by atoms with Crippen LogP contribution < -0.4 is 9.64 Å². The van der Waals surface area contributed by atoms with Crippen molar-refractivity contribution >= 4 is 35.0 Å². The zero-order valence-corrected chi connectivity index (χ0v) is 27.2. The first-order valence-corrected chi connectivity index (χ1v) is 17.2. The number of hydrogen-bond donors (Lipinski definition) is 0. The van der Waals surface area contributed by atoms with E-state index in [1.807, 2.05) is 40.9 Å². The molecule has 0 radical (unpaired) electrons. The van der Waals surface area contributed by atoms with Crippen molar-refractivity contribution in [1.82, 2.24) is 4.90 Å². The van der Waals surface area contributed by atoms with Gasteiger partial charge in [-0.05, 0) is 54.0 Å². The normalized spacial score (nSPS) is 13.0. The first kappa shape index (κ1) is 33.4. The first-order valence-electron chi connectivity index (χ1n) is 15.8. The van der Waals surface area contributed by atoms with Crippen LogP contribution in [0.5, 0.6) is 5.75 Å². The number of halogens is 1. The van der Waals surface area contributed by atoms with E-state index in [0.717, 1.165) is 47.8 Å². The minimum atomic E-state index is 0.0531. The minimum absolute atomic E-state index is 0.0531. The summed E-state index contributed by atoms with van der Waals surface area (Å²) in [6.45, 7) is 8.16. The maximum atomic E-state index is 12.7. The number of ether oxygens (including phenoxy) is 1. The molecule has 0 atom stereocenters. The number of carbonyl (C=O) groups excluding carboxylic acids is 1. The molecule has 1 heterocycles. The molecule has 41 heavy (non-hydrogen) atoms. The number of anilines is 1. The highest BCUT2D eigenvalue weighted by molar-refractivity contribution is 8.03. The lowest BCUT2D eigenvalue weighted by Gasteiger charge is -2.26. The van der Waals surface area contributed by atoms with Gasteiger partial charge in [0.2, 0.25) is 5.91 Å². The van der Waals surface area contributed by atoms with Crippen LogP contribution in [0.15, 0.2) is 53.6 Å². The fraction of sp³-hybridized carbons (Fsp3) is 0.571. The molecule has 0 unspecified atom stereocenters. The molecule has 4 nitrogen and oxygen atoms in total. The second-order valence-electron chi connectivity index (χ2n) is 11.3. The Kier molecular flexibility index (Phi) is 15.6. The molecular formula is C35H51ClN2O2S. The molecule has 0 bridgehead atoms. The Bertz CT molecular complexity index is 1090. The number of hydrogen-bond acceptors (Lipinski definition) is 4. The minimum Gasteiger partial charge on any atom is -0.492 e. The average Bonchev–Trinajstić information content (AvgIpc) is 3.37. The third-order valence-electron chi connectivity index (χ3n) is 7.73. The van der Waals surface area contributed by atoms with Gasteiger partial charge < -0.3 is 14.5 Å². The molecule has 6 heteroatoms. The summed E-state index contributed by atoms with van der Waals surface area (Å²) in [5.41, 5.74) is 3.27. The topological polar surface area (TPSA) is 32.8 Å². The van der Waals surface area contributed by atoms with Crippen molar-refractivity contribution in [3.63, 3.8) is 0 Å². The van der Waals surface area contributed by atoms with Crippen molar-refractivity contribution in [2.24, 2.45) is 0 Å². The van der Waals surface area contributed by atoms with Crippen LogP contribution >= 0.6 is 23.4 Å². The Labute approximate surface area is 258 Å².